The molecule has 0 bridgehead atoms. The van der Waals surface area contributed by atoms with Crippen LogP contribution in [-0.4, -0.2) is 28.4 Å². The van der Waals surface area contributed by atoms with Crippen LogP contribution in [0, 0.1) is 0 Å². The molecule has 4 nitrogen and oxygen atoms in total. The number of hydrogen-bond donors (Lipinski definition) is 0. The summed E-state index contributed by atoms with van der Waals surface area (Å²) < 4.78 is 0. The van der Waals surface area contributed by atoms with Gasteiger partial charge in [0.05, 0.1) is 5.69 Å². The Balaban J connectivity index is 1.95. The second kappa shape index (κ2) is 5.19. The van der Waals surface area contributed by atoms with E-state index in [2.05, 4.69) is 10.2 Å². The third kappa shape index (κ3) is 2.43. The minimum atomic E-state index is -0.142. The third-order valence-electron chi connectivity index (χ3n) is 2.82. The number of fused-ring (bicyclic) bond motifs is 1. The monoisotopic (exact) mass is 291 g/mol. The molecule has 1 aromatic heterocycles. The third-order valence-corrected chi connectivity index (χ3v) is 4.07. The van der Waals surface area contributed by atoms with E-state index < -0.39 is 0 Å². The van der Waals surface area contributed by atoms with E-state index in [0.29, 0.717) is 12.2 Å². The number of benzene rings is 1. The highest BCUT2D eigenvalue weighted by Gasteiger charge is 2.24. The number of halogens is 1. The van der Waals surface area contributed by atoms with E-state index in [1.54, 1.807) is 28.8 Å². The number of para-hydroxylation sites is 1. The van der Waals surface area contributed by atoms with E-state index in [1.165, 1.54) is 0 Å². The molecule has 1 aliphatic heterocycles. The number of aromatic nitrogens is 2. The fraction of sp³-hybridized carbons (Fsp3) is 0.154. The SMILES string of the molecule is O=C(c1ccc(Cl)nn1)N1CCSc2ccccc21. The molecule has 0 aliphatic carbocycles. The second-order valence-electron chi connectivity index (χ2n) is 4.01. The first-order chi connectivity index (χ1) is 9.25. The Morgan fingerprint density at radius 3 is 2.84 bits per heavy atom. The Morgan fingerprint density at radius 1 is 1.21 bits per heavy atom. The zero-order valence-electron chi connectivity index (χ0n) is 9.91. The summed E-state index contributed by atoms with van der Waals surface area (Å²) in [7, 11) is 0. The van der Waals surface area contributed by atoms with Crippen molar-refractivity contribution in [2.75, 3.05) is 17.2 Å². The topological polar surface area (TPSA) is 46.1 Å². The second-order valence-corrected chi connectivity index (χ2v) is 5.54. The molecule has 0 radical (unpaired) electrons. The van der Waals surface area contributed by atoms with Gasteiger partial charge in [0.2, 0.25) is 0 Å². The van der Waals surface area contributed by atoms with Crippen LogP contribution in [0.2, 0.25) is 5.15 Å². The molecule has 96 valence electrons. The molecular weight excluding hydrogens is 282 g/mol. The fourth-order valence-corrected chi connectivity index (χ4v) is 3.04. The largest absolute Gasteiger partial charge is 0.305 e. The van der Waals surface area contributed by atoms with Gasteiger partial charge in [0, 0.05) is 17.2 Å². The summed E-state index contributed by atoms with van der Waals surface area (Å²) in [5.41, 5.74) is 1.24. The number of anilines is 1. The van der Waals surface area contributed by atoms with E-state index in [-0.39, 0.29) is 11.1 Å². The molecule has 2 heterocycles. The average Bonchev–Trinajstić information content (AvgIpc) is 2.47. The number of rotatable bonds is 1. The van der Waals surface area contributed by atoms with Crippen LogP contribution in [0.3, 0.4) is 0 Å². The van der Waals surface area contributed by atoms with Gasteiger partial charge in [0.1, 0.15) is 0 Å². The highest BCUT2D eigenvalue weighted by atomic mass is 35.5. The molecule has 1 aromatic carbocycles. The van der Waals surface area contributed by atoms with Crippen LogP contribution in [0.5, 0.6) is 0 Å². The predicted octanol–water partition coefficient (Wildman–Crippen LogP) is 2.88. The van der Waals surface area contributed by atoms with Gasteiger partial charge in [-0.15, -0.1) is 22.0 Å². The Morgan fingerprint density at radius 2 is 2.05 bits per heavy atom. The molecule has 0 N–H and O–H groups in total. The number of hydrogen-bond acceptors (Lipinski definition) is 4. The molecule has 1 aliphatic rings. The summed E-state index contributed by atoms with van der Waals surface area (Å²) in [6, 6.07) is 11.0. The van der Waals surface area contributed by atoms with E-state index in [9.17, 15) is 4.79 Å². The number of carbonyl (C=O) groups excluding carboxylic acids is 1. The normalized spacial score (nSPS) is 14.1. The Bertz CT molecular complexity index is 618. The molecule has 6 heteroatoms. The minimum Gasteiger partial charge on any atom is -0.305 e. The fourth-order valence-electron chi connectivity index (χ4n) is 1.95. The number of nitrogens with zero attached hydrogens (tertiary/aromatic N) is 3. The van der Waals surface area contributed by atoms with E-state index in [4.69, 9.17) is 11.6 Å². The van der Waals surface area contributed by atoms with E-state index >= 15 is 0 Å². The van der Waals surface area contributed by atoms with Crippen LogP contribution in [0.1, 0.15) is 10.5 Å². The number of thioether (sulfide) groups is 1. The van der Waals surface area contributed by atoms with Crippen molar-refractivity contribution in [2.24, 2.45) is 0 Å². The van der Waals surface area contributed by atoms with Crippen molar-refractivity contribution in [3.8, 4) is 0 Å². The molecule has 0 saturated heterocycles. The Kier molecular flexibility index (Phi) is 3.40. The molecule has 1 amide bonds. The lowest BCUT2D eigenvalue weighted by Crippen LogP contribution is -2.36. The van der Waals surface area contributed by atoms with Crippen molar-refractivity contribution >= 4 is 35.0 Å². The van der Waals surface area contributed by atoms with Gasteiger partial charge in [-0.2, -0.15) is 0 Å². The van der Waals surface area contributed by atoms with Crippen molar-refractivity contribution in [3.63, 3.8) is 0 Å². The summed E-state index contributed by atoms with van der Waals surface area (Å²) in [6.45, 7) is 0.671. The first-order valence-electron chi connectivity index (χ1n) is 5.78. The standard InChI is InChI=1S/C13H10ClN3OS/c14-12-6-5-9(15-16-12)13(18)17-7-8-19-11-4-2-1-3-10(11)17/h1-6H,7-8H2. The van der Waals surface area contributed by atoms with Gasteiger partial charge < -0.3 is 4.90 Å². The van der Waals surface area contributed by atoms with Crippen molar-refractivity contribution in [1.29, 1.82) is 0 Å². The maximum Gasteiger partial charge on any atom is 0.278 e. The first-order valence-corrected chi connectivity index (χ1v) is 7.15. The van der Waals surface area contributed by atoms with Crippen molar-refractivity contribution in [1.82, 2.24) is 10.2 Å². The van der Waals surface area contributed by atoms with Crippen molar-refractivity contribution < 1.29 is 4.79 Å². The maximum atomic E-state index is 12.4. The zero-order valence-corrected chi connectivity index (χ0v) is 11.5. The smallest absolute Gasteiger partial charge is 0.278 e. The Labute approximate surface area is 119 Å². The molecule has 0 atom stereocenters. The molecule has 2 aromatic rings. The van der Waals surface area contributed by atoms with Crippen molar-refractivity contribution in [2.45, 2.75) is 4.90 Å². The molecule has 3 rings (SSSR count). The van der Waals surface area contributed by atoms with Gasteiger partial charge in [-0.1, -0.05) is 23.7 Å². The molecule has 0 saturated carbocycles. The predicted molar refractivity (Wildman–Crippen MR) is 75.9 cm³/mol. The highest BCUT2D eigenvalue weighted by Crippen LogP contribution is 2.34. The van der Waals surface area contributed by atoms with Gasteiger partial charge in [0.25, 0.3) is 5.91 Å². The maximum absolute atomic E-state index is 12.4. The van der Waals surface area contributed by atoms with E-state index in [1.807, 2.05) is 24.3 Å². The molecule has 0 unspecified atom stereocenters. The average molecular weight is 292 g/mol. The van der Waals surface area contributed by atoms with Crippen LogP contribution in [-0.2, 0) is 0 Å². The summed E-state index contributed by atoms with van der Waals surface area (Å²) in [6.07, 6.45) is 0. The first kappa shape index (κ1) is 12.4. The lowest BCUT2D eigenvalue weighted by atomic mass is 10.2. The van der Waals surface area contributed by atoms with Crippen LogP contribution in [0.4, 0.5) is 5.69 Å². The molecule has 0 fully saturated rings. The zero-order chi connectivity index (χ0) is 13.2. The van der Waals surface area contributed by atoms with E-state index in [0.717, 1.165) is 16.3 Å². The van der Waals surface area contributed by atoms with Gasteiger partial charge >= 0.3 is 0 Å². The molecular formula is C13H10ClN3OS. The molecule has 19 heavy (non-hydrogen) atoms. The van der Waals surface area contributed by atoms with Gasteiger partial charge in [0.15, 0.2) is 10.8 Å². The molecule has 0 spiro atoms. The quantitative estimate of drug-likeness (QED) is 0.810. The van der Waals surface area contributed by atoms with Crippen LogP contribution < -0.4 is 4.90 Å². The number of carbonyl (C=O) groups is 1. The summed E-state index contributed by atoms with van der Waals surface area (Å²) in [5, 5.41) is 7.84. The highest BCUT2D eigenvalue weighted by molar-refractivity contribution is 7.99. The Hall–Kier alpha value is -1.59. The van der Waals surface area contributed by atoms with Gasteiger partial charge in [-0.3, -0.25) is 4.79 Å². The van der Waals surface area contributed by atoms with Crippen molar-refractivity contribution in [3.05, 3.63) is 47.2 Å². The van der Waals surface area contributed by atoms with Gasteiger partial charge in [-0.25, -0.2) is 0 Å². The van der Waals surface area contributed by atoms with Crippen LogP contribution in [0.15, 0.2) is 41.3 Å². The summed E-state index contributed by atoms with van der Waals surface area (Å²) in [5.74, 6) is 0.737. The van der Waals surface area contributed by atoms with Gasteiger partial charge in [-0.05, 0) is 24.3 Å². The lowest BCUT2D eigenvalue weighted by molar-refractivity contribution is 0.0982. The van der Waals surface area contributed by atoms with Crippen LogP contribution >= 0.6 is 23.4 Å². The lowest BCUT2D eigenvalue weighted by Gasteiger charge is -2.28. The summed E-state index contributed by atoms with van der Waals surface area (Å²) >= 11 is 7.44. The van der Waals surface area contributed by atoms with Crippen LogP contribution in [0.25, 0.3) is 0 Å². The summed E-state index contributed by atoms with van der Waals surface area (Å²) in [4.78, 5) is 15.3. The number of amides is 1. The minimum absolute atomic E-state index is 0.142.